The van der Waals surface area contributed by atoms with E-state index in [9.17, 15) is 9.59 Å². The maximum atomic E-state index is 12.3. The molecule has 1 heterocycles. The molecule has 2 atom stereocenters. The summed E-state index contributed by atoms with van der Waals surface area (Å²) in [6.07, 6.45) is 2.46. The van der Waals surface area contributed by atoms with Crippen molar-refractivity contribution in [2.24, 2.45) is 5.41 Å². The quantitative estimate of drug-likeness (QED) is 0.583. The molecule has 0 aromatic heterocycles. The second-order valence-corrected chi connectivity index (χ2v) is 5.07. The van der Waals surface area contributed by atoms with Crippen LogP contribution in [0.4, 0.5) is 0 Å². The first-order valence-electron chi connectivity index (χ1n) is 6.34. The number of esters is 2. The number of fused-ring (bicyclic) bond motifs is 1. The summed E-state index contributed by atoms with van der Waals surface area (Å²) < 4.78 is 15.4. The maximum absolute atomic E-state index is 12.3. The predicted octanol–water partition coefficient (Wildman–Crippen LogP) is 1.90. The van der Waals surface area contributed by atoms with Crippen LogP contribution in [-0.2, 0) is 23.8 Å². The van der Waals surface area contributed by atoms with Gasteiger partial charge in [-0.25, -0.2) is 4.79 Å². The average molecular weight is 278 g/mol. The topological polar surface area (TPSA) is 61.8 Å². The highest BCUT2D eigenvalue weighted by molar-refractivity contribution is 5.93. The Bertz CT molecular complexity index is 516. The van der Waals surface area contributed by atoms with E-state index in [1.54, 1.807) is 6.08 Å². The Morgan fingerprint density at radius 3 is 2.65 bits per heavy atom. The fourth-order valence-electron chi connectivity index (χ4n) is 2.94. The van der Waals surface area contributed by atoms with Crippen molar-refractivity contribution in [1.82, 2.24) is 0 Å². The van der Waals surface area contributed by atoms with Crippen LogP contribution < -0.4 is 0 Å². The van der Waals surface area contributed by atoms with E-state index < -0.39 is 17.4 Å². The minimum absolute atomic E-state index is 0.324. The van der Waals surface area contributed by atoms with E-state index in [-0.39, 0.29) is 6.10 Å². The van der Waals surface area contributed by atoms with Crippen molar-refractivity contribution in [3.05, 3.63) is 36.1 Å². The highest BCUT2D eigenvalue weighted by Crippen LogP contribution is 2.53. The van der Waals surface area contributed by atoms with Gasteiger partial charge in [0.05, 0.1) is 19.8 Å². The number of hydrogen-bond acceptors (Lipinski definition) is 5. The predicted molar refractivity (Wildman–Crippen MR) is 71.6 cm³/mol. The Hall–Kier alpha value is -2.04. The second-order valence-electron chi connectivity index (χ2n) is 5.07. The number of carbonyl (C=O) groups is 2. The third-order valence-corrected chi connectivity index (χ3v) is 3.78. The molecule has 1 fully saturated rings. The lowest BCUT2D eigenvalue weighted by molar-refractivity contribution is -0.150. The van der Waals surface area contributed by atoms with E-state index in [4.69, 9.17) is 14.2 Å². The van der Waals surface area contributed by atoms with Gasteiger partial charge in [-0.05, 0) is 6.42 Å². The maximum Gasteiger partial charge on any atom is 0.337 e. The van der Waals surface area contributed by atoms with E-state index in [2.05, 4.69) is 13.2 Å². The van der Waals surface area contributed by atoms with Gasteiger partial charge in [0.25, 0.3) is 0 Å². The van der Waals surface area contributed by atoms with Crippen LogP contribution in [0.3, 0.4) is 0 Å². The van der Waals surface area contributed by atoms with Crippen molar-refractivity contribution in [2.75, 3.05) is 14.2 Å². The van der Waals surface area contributed by atoms with Crippen LogP contribution in [0.15, 0.2) is 36.1 Å². The molecule has 108 valence electrons. The van der Waals surface area contributed by atoms with Crippen LogP contribution in [0.1, 0.15) is 19.3 Å². The van der Waals surface area contributed by atoms with Crippen LogP contribution in [-0.4, -0.2) is 32.3 Å². The molecule has 0 saturated carbocycles. The molecule has 0 spiro atoms. The van der Waals surface area contributed by atoms with E-state index in [1.165, 1.54) is 14.2 Å². The molecular formula is C15H18O5. The molecule has 2 aliphatic rings. The Balaban J connectivity index is 2.59. The molecule has 2 rings (SSSR count). The summed E-state index contributed by atoms with van der Waals surface area (Å²) in [5.74, 6) is -0.563. The van der Waals surface area contributed by atoms with Gasteiger partial charge in [-0.2, -0.15) is 0 Å². The van der Waals surface area contributed by atoms with Crippen LogP contribution in [0, 0.1) is 5.41 Å². The van der Waals surface area contributed by atoms with Gasteiger partial charge in [0.2, 0.25) is 0 Å². The molecule has 0 N–H and O–H groups in total. The summed E-state index contributed by atoms with van der Waals surface area (Å²) in [6.45, 7) is 7.61. The zero-order valence-electron chi connectivity index (χ0n) is 11.7. The normalized spacial score (nSPS) is 28.5. The Kier molecular flexibility index (Phi) is 3.70. The van der Waals surface area contributed by atoms with Gasteiger partial charge in [0.1, 0.15) is 17.3 Å². The van der Waals surface area contributed by atoms with E-state index in [0.717, 1.165) is 5.57 Å². The molecule has 1 aliphatic heterocycles. The van der Waals surface area contributed by atoms with Gasteiger partial charge in [-0.1, -0.05) is 24.8 Å². The third kappa shape index (κ3) is 2.03. The molecule has 1 saturated heterocycles. The fraction of sp³-hybridized carbons (Fsp3) is 0.467. The van der Waals surface area contributed by atoms with Gasteiger partial charge in [0.15, 0.2) is 0 Å². The van der Waals surface area contributed by atoms with Crippen molar-refractivity contribution in [3.63, 3.8) is 0 Å². The van der Waals surface area contributed by atoms with Crippen molar-refractivity contribution < 1.29 is 23.8 Å². The molecule has 0 amide bonds. The third-order valence-electron chi connectivity index (χ3n) is 3.78. The molecule has 1 aliphatic carbocycles. The van der Waals surface area contributed by atoms with Gasteiger partial charge < -0.3 is 14.2 Å². The van der Waals surface area contributed by atoms with Crippen LogP contribution in [0.2, 0.25) is 0 Å². The van der Waals surface area contributed by atoms with E-state index >= 15 is 0 Å². The molecule has 0 aromatic rings. The summed E-state index contributed by atoms with van der Waals surface area (Å²) >= 11 is 0. The Morgan fingerprint density at radius 2 is 2.10 bits per heavy atom. The van der Waals surface area contributed by atoms with Gasteiger partial charge in [0, 0.05) is 12.8 Å². The van der Waals surface area contributed by atoms with Crippen LogP contribution >= 0.6 is 0 Å². The van der Waals surface area contributed by atoms with Gasteiger partial charge in [-0.15, -0.1) is 0 Å². The first kappa shape index (κ1) is 14.4. The van der Waals surface area contributed by atoms with E-state index in [0.29, 0.717) is 30.6 Å². The Labute approximate surface area is 117 Å². The number of allylic oxidation sites excluding steroid dienone is 1. The smallest absolute Gasteiger partial charge is 0.337 e. The van der Waals surface area contributed by atoms with Crippen LogP contribution in [0.25, 0.3) is 0 Å². The summed E-state index contributed by atoms with van der Waals surface area (Å²) in [5.41, 5.74) is 0.151. The van der Waals surface area contributed by atoms with Crippen molar-refractivity contribution >= 4 is 11.9 Å². The number of rotatable bonds is 3. The SMILES string of the molecule is C=C[C@H]1C[C@@]2(C(=O)OC)CC(=C)CC(C(=O)OC)=C2O1. The Morgan fingerprint density at radius 1 is 1.40 bits per heavy atom. The minimum atomic E-state index is -0.980. The lowest BCUT2D eigenvalue weighted by atomic mass is 9.71. The van der Waals surface area contributed by atoms with Gasteiger partial charge in [-0.3, -0.25) is 4.79 Å². The number of methoxy groups -OCH3 is 2. The second kappa shape index (κ2) is 5.15. The summed E-state index contributed by atoms with van der Waals surface area (Å²) in [7, 11) is 2.62. The van der Waals surface area contributed by atoms with Crippen molar-refractivity contribution in [3.8, 4) is 0 Å². The molecule has 0 unspecified atom stereocenters. The monoisotopic (exact) mass is 278 g/mol. The lowest BCUT2D eigenvalue weighted by Crippen LogP contribution is -2.36. The largest absolute Gasteiger partial charge is 0.489 e. The van der Waals surface area contributed by atoms with Crippen molar-refractivity contribution in [1.29, 1.82) is 0 Å². The highest BCUT2D eigenvalue weighted by atomic mass is 16.5. The number of hydrogen-bond donors (Lipinski definition) is 0. The van der Waals surface area contributed by atoms with Crippen molar-refractivity contribution in [2.45, 2.75) is 25.4 Å². The number of ether oxygens (including phenoxy) is 3. The summed E-state index contributed by atoms with van der Waals surface area (Å²) in [5, 5.41) is 0. The average Bonchev–Trinajstić information content (AvgIpc) is 2.84. The van der Waals surface area contributed by atoms with Crippen LogP contribution in [0.5, 0.6) is 0 Å². The molecule has 0 bridgehead atoms. The highest BCUT2D eigenvalue weighted by Gasteiger charge is 2.55. The first-order valence-corrected chi connectivity index (χ1v) is 6.34. The lowest BCUT2D eigenvalue weighted by Gasteiger charge is -2.31. The molecule has 0 aromatic carbocycles. The molecule has 20 heavy (non-hydrogen) atoms. The molecule has 0 radical (unpaired) electrons. The number of carbonyl (C=O) groups excluding carboxylic acids is 2. The zero-order valence-corrected chi connectivity index (χ0v) is 11.7. The minimum Gasteiger partial charge on any atom is -0.489 e. The standard InChI is InChI=1S/C15H18O5/c1-5-10-8-15(14(17)19-4)7-9(2)6-11(12(15)20-10)13(16)18-3/h5,10H,1-2,6-8H2,3-4H3/t10-,15-/m0/s1. The van der Waals surface area contributed by atoms with Gasteiger partial charge >= 0.3 is 11.9 Å². The molecule has 5 heteroatoms. The summed E-state index contributed by atoms with van der Waals surface area (Å²) in [4.78, 5) is 24.2. The first-order chi connectivity index (χ1) is 9.48. The zero-order chi connectivity index (χ0) is 14.9. The molecular weight excluding hydrogens is 260 g/mol. The summed E-state index contributed by atoms with van der Waals surface area (Å²) in [6, 6.07) is 0. The fourth-order valence-corrected chi connectivity index (χ4v) is 2.94. The van der Waals surface area contributed by atoms with E-state index in [1.807, 2.05) is 0 Å². The molecule has 5 nitrogen and oxygen atoms in total.